The zero-order chi connectivity index (χ0) is 23.4. The summed E-state index contributed by atoms with van der Waals surface area (Å²) < 4.78 is 2.49. The molecule has 0 N–H and O–H groups in total. The number of thiazole rings is 1. The minimum atomic E-state index is -0.332. The summed E-state index contributed by atoms with van der Waals surface area (Å²) in [5.74, 6) is 0.293. The Labute approximate surface area is 206 Å². The van der Waals surface area contributed by atoms with Gasteiger partial charge in [-0.3, -0.25) is 9.59 Å². The predicted octanol–water partition coefficient (Wildman–Crippen LogP) is 4.35. The van der Waals surface area contributed by atoms with E-state index in [0.29, 0.717) is 27.4 Å². The van der Waals surface area contributed by atoms with Gasteiger partial charge < -0.3 is 4.90 Å². The summed E-state index contributed by atoms with van der Waals surface area (Å²) in [4.78, 5) is 33.8. The molecular formula is C26H17BrN4O2S. The first-order valence-electron chi connectivity index (χ1n) is 10.7. The van der Waals surface area contributed by atoms with Crippen LogP contribution in [0.15, 0.2) is 82.1 Å². The molecule has 0 saturated heterocycles. The van der Waals surface area contributed by atoms with Crippen molar-refractivity contribution in [3.8, 4) is 11.4 Å². The summed E-state index contributed by atoms with van der Waals surface area (Å²) >= 11 is 4.71. The van der Waals surface area contributed by atoms with Crippen molar-refractivity contribution in [1.82, 2.24) is 14.6 Å². The third kappa shape index (κ3) is 3.38. The number of aromatic nitrogens is 3. The van der Waals surface area contributed by atoms with Crippen molar-refractivity contribution < 1.29 is 4.79 Å². The number of fused-ring (bicyclic) bond motifs is 2. The van der Waals surface area contributed by atoms with E-state index >= 15 is 0 Å². The van der Waals surface area contributed by atoms with E-state index in [4.69, 9.17) is 0 Å². The summed E-state index contributed by atoms with van der Waals surface area (Å²) in [5.41, 5.74) is 4.60. The highest BCUT2D eigenvalue weighted by atomic mass is 79.9. The number of aryl methyl sites for hydroxylation is 1. The highest BCUT2D eigenvalue weighted by molar-refractivity contribution is 9.10. The Morgan fingerprint density at radius 2 is 1.74 bits per heavy atom. The minimum absolute atomic E-state index is 0.196. The molecule has 0 unspecified atom stereocenters. The van der Waals surface area contributed by atoms with Crippen LogP contribution in [-0.2, 0) is 11.3 Å². The van der Waals surface area contributed by atoms with Crippen LogP contribution in [0.3, 0.4) is 0 Å². The van der Waals surface area contributed by atoms with Crippen LogP contribution in [0.4, 0.5) is 5.69 Å². The number of hydrogen-bond acceptors (Lipinski definition) is 5. The van der Waals surface area contributed by atoms with Crippen LogP contribution < -0.4 is 15.0 Å². The summed E-state index contributed by atoms with van der Waals surface area (Å²) in [6.07, 6.45) is 0. The van der Waals surface area contributed by atoms with Gasteiger partial charge in [0.05, 0.1) is 17.8 Å². The van der Waals surface area contributed by atoms with Gasteiger partial charge >= 0.3 is 0 Å². The average molecular weight is 529 g/mol. The van der Waals surface area contributed by atoms with E-state index < -0.39 is 0 Å². The molecule has 34 heavy (non-hydrogen) atoms. The highest BCUT2D eigenvalue weighted by Gasteiger charge is 2.34. The molecule has 0 saturated carbocycles. The number of carbonyl (C=O) groups excluding carboxylic acids is 1. The third-order valence-corrected chi connectivity index (χ3v) is 7.38. The van der Waals surface area contributed by atoms with E-state index in [1.54, 1.807) is 4.90 Å². The van der Waals surface area contributed by atoms with Crippen LogP contribution in [0, 0.1) is 6.92 Å². The van der Waals surface area contributed by atoms with Crippen LogP contribution in [0.2, 0.25) is 0 Å². The number of nitrogens with zero attached hydrogens (tertiary/aromatic N) is 4. The van der Waals surface area contributed by atoms with Gasteiger partial charge in [-0.2, -0.15) is 9.50 Å². The Hall–Kier alpha value is -3.62. The molecule has 0 radical (unpaired) electrons. The van der Waals surface area contributed by atoms with Gasteiger partial charge in [0.15, 0.2) is 5.82 Å². The maximum atomic E-state index is 13.7. The number of amides is 1. The normalized spacial score (nSPS) is 14.8. The van der Waals surface area contributed by atoms with Crippen molar-refractivity contribution in [2.75, 3.05) is 4.90 Å². The SMILES string of the molecule is Cc1ccc(CN2C(=O)C(=c3sc4nc(-c5ccccc5)nn4c3=O)c3cc(Br)ccc32)cc1. The standard InChI is InChI=1S/C26H17BrN4O2S/c1-15-7-9-16(10-8-15)14-30-20-12-11-18(27)13-19(20)21(24(30)32)22-25(33)31-26(34-22)28-23(29-31)17-5-3-2-4-6-17/h2-13H,14H2,1H3. The molecule has 8 heteroatoms. The van der Waals surface area contributed by atoms with Gasteiger partial charge in [0, 0.05) is 15.6 Å². The van der Waals surface area contributed by atoms with Gasteiger partial charge in [0.1, 0.15) is 4.53 Å². The van der Waals surface area contributed by atoms with Crippen molar-refractivity contribution in [1.29, 1.82) is 0 Å². The van der Waals surface area contributed by atoms with Gasteiger partial charge in [-0.15, -0.1) is 5.10 Å². The summed E-state index contributed by atoms with van der Waals surface area (Å²) in [6, 6.07) is 23.3. The summed E-state index contributed by atoms with van der Waals surface area (Å²) in [5, 5.41) is 4.42. The molecule has 1 aliphatic heterocycles. The lowest BCUT2D eigenvalue weighted by Gasteiger charge is -2.17. The highest BCUT2D eigenvalue weighted by Crippen LogP contribution is 2.38. The molecule has 1 amide bonds. The van der Waals surface area contributed by atoms with Crippen molar-refractivity contribution in [3.63, 3.8) is 0 Å². The number of halogens is 1. The van der Waals surface area contributed by atoms with Gasteiger partial charge in [0.2, 0.25) is 4.96 Å². The van der Waals surface area contributed by atoms with Crippen LogP contribution in [0.25, 0.3) is 21.9 Å². The fraction of sp³-hybridized carbons (Fsp3) is 0.0769. The van der Waals surface area contributed by atoms with Gasteiger partial charge in [-0.1, -0.05) is 87.4 Å². The minimum Gasteiger partial charge on any atom is -0.303 e. The van der Waals surface area contributed by atoms with Crippen LogP contribution in [-0.4, -0.2) is 20.5 Å². The van der Waals surface area contributed by atoms with Crippen molar-refractivity contribution in [2.24, 2.45) is 0 Å². The molecule has 0 atom stereocenters. The van der Waals surface area contributed by atoms with E-state index in [2.05, 4.69) is 26.0 Å². The molecule has 0 fully saturated rings. The molecule has 1 aliphatic rings. The van der Waals surface area contributed by atoms with E-state index in [0.717, 1.165) is 32.4 Å². The molecule has 0 bridgehead atoms. The lowest BCUT2D eigenvalue weighted by molar-refractivity contribution is -0.113. The van der Waals surface area contributed by atoms with Crippen LogP contribution >= 0.6 is 27.3 Å². The lowest BCUT2D eigenvalue weighted by atomic mass is 10.1. The Morgan fingerprint density at radius 1 is 0.971 bits per heavy atom. The van der Waals surface area contributed by atoms with E-state index in [-0.39, 0.29) is 11.5 Å². The molecule has 6 nitrogen and oxygen atoms in total. The van der Waals surface area contributed by atoms with Crippen molar-refractivity contribution in [2.45, 2.75) is 13.5 Å². The number of hydrogen-bond donors (Lipinski definition) is 0. The van der Waals surface area contributed by atoms with E-state index in [1.165, 1.54) is 15.9 Å². The Morgan fingerprint density at radius 3 is 2.47 bits per heavy atom. The molecule has 0 aliphatic carbocycles. The molecule has 6 rings (SSSR count). The lowest BCUT2D eigenvalue weighted by Crippen LogP contribution is -2.32. The second-order valence-corrected chi connectivity index (χ2v) is 10.0. The monoisotopic (exact) mass is 528 g/mol. The fourth-order valence-corrected chi connectivity index (χ4v) is 5.51. The number of anilines is 1. The Balaban J connectivity index is 1.51. The van der Waals surface area contributed by atoms with Gasteiger partial charge in [0.25, 0.3) is 11.5 Å². The fourth-order valence-electron chi connectivity index (χ4n) is 4.15. The topological polar surface area (TPSA) is 67.6 Å². The van der Waals surface area contributed by atoms with E-state index in [9.17, 15) is 9.59 Å². The van der Waals surface area contributed by atoms with Gasteiger partial charge in [-0.25, -0.2) is 0 Å². The maximum Gasteiger partial charge on any atom is 0.291 e. The molecule has 5 aromatic rings. The molecule has 0 spiro atoms. The molecular weight excluding hydrogens is 512 g/mol. The first kappa shape index (κ1) is 20.9. The first-order chi connectivity index (χ1) is 16.5. The number of rotatable bonds is 3. The van der Waals surface area contributed by atoms with Crippen molar-refractivity contribution >= 4 is 49.4 Å². The smallest absolute Gasteiger partial charge is 0.291 e. The Kier molecular flexibility index (Phi) is 4.93. The first-order valence-corrected chi connectivity index (χ1v) is 12.3. The zero-order valence-electron chi connectivity index (χ0n) is 18.0. The number of carbonyl (C=O) groups is 1. The van der Waals surface area contributed by atoms with E-state index in [1.807, 2.05) is 79.7 Å². The zero-order valence-corrected chi connectivity index (χ0v) is 20.4. The molecule has 3 heterocycles. The molecule has 166 valence electrons. The predicted molar refractivity (Wildman–Crippen MR) is 137 cm³/mol. The molecule has 3 aromatic carbocycles. The largest absolute Gasteiger partial charge is 0.303 e. The van der Waals surface area contributed by atoms with Crippen LogP contribution in [0.5, 0.6) is 0 Å². The summed E-state index contributed by atoms with van der Waals surface area (Å²) in [6.45, 7) is 2.45. The second kappa shape index (κ2) is 8.00. The quantitative estimate of drug-likeness (QED) is 0.349. The van der Waals surface area contributed by atoms with Crippen LogP contribution in [0.1, 0.15) is 16.7 Å². The number of benzene rings is 3. The summed E-state index contributed by atoms with van der Waals surface area (Å²) in [7, 11) is 0. The van der Waals surface area contributed by atoms with Gasteiger partial charge in [-0.05, 0) is 30.7 Å². The van der Waals surface area contributed by atoms with Crippen molar-refractivity contribution in [3.05, 3.63) is 109 Å². The maximum absolute atomic E-state index is 13.7. The molecule has 2 aromatic heterocycles. The Bertz CT molecular complexity index is 1690. The third-order valence-electron chi connectivity index (χ3n) is 5.86. The second-order valence-electron chi connectivity index (χ2n) is 8.15. The average Bonchev–Trinajstić information content (AvgIpc) is 3.47.